The zero-order valence-corrected chi connectivity index (χ0v) is 15.1. The van der Waals surface area contributed by atoms with Crippen LogP contribution >= 0.6 is 11.8 Å². The van der Waals surface area contributed by atoms with Gasteiger partial charge in [-0.1, -0.05) is 58.5 Å². The molecule has 1 aromatic heterocycles. The van der Waals surface area contributed by atoms with Crippen molar-refractivity contribution in [1.29, 1.82) is 0 Å². The lowest BCUT2D eigenvalue weighted by Gasteiger charge is -2.19. The summed E-state index contributed by atoms with van der Waals surface area (Å²) >= 11 is 1.56. The summed E-state index contributed by atoms with van der Waals surface area (Å²) < 4.78 is 5.76. The number of nitrogen functional groups attached to an aromatic ring is 1. The minimum atomic E-state index is 0.129. The van der Waals surface area contributed by atoms with E-state index in [1.165, 1.54) is 5.56 Å². The molecule has 0 aliphatic carbocycles. The second-order valence-electron chi connectivity index (χ2n) is 6.62. The number of hydrogen-bond donors (Lipinski definition) is 1. The smallest absolute Gasteiger partial charge is 0.224 e. The molecule has 2 rings (SSSR count). The Bertz CT molecular complexity index is 651. The molecule has 0 aliphatic heterocycles. The summed E-state index contributed by atoms with van der Waals surface area (Å²) in [6, 6.07) is 8.10. The molecule has 0 radical (unpaired) electrons. The third-order valence-corrected chi connectivity index (χ3v) is 3.97. The third kappa shape index (κ3) is 5.39. The summed E-state index contributed by atoms with van der Waals surface area (Å²) in [6.07, 6.45) is 0. The monoisotopic (exact) mass is 332 g/mol. The summed E-state index contributed by atoms with van der Waals surface area (Å²) in [6.45, 7) is 11.0. The number of nitrogens with zero attached hydrogens (tertiary/aromatic N) is 3. The van der Waals surface area contributed by atoms with Crippen molar-refractivity contribution < 1.29 is 4.74 Å². The Kier molecular flexibility index (Phi) is 5.46. The fourth-order valence-corrected chi connectivity index (χ4v) is 2.67. The van der Waals surface area contributed by atoms with Crippen molar-refractivity contribution in [2.24, 2.45) is 0 Å². The molecular weight excluding hydrogens is 308 g/mol. The van der Waals surface area contributed by atoms with Crippen LogP contribution in [0, 0.1) is 0 Å². The van der Waals surface area contributed by atoms with Crippen molar-refractivity contribution in [3.8, 4) is 5.75 Å². The summed E-state index contributed by atoms with van der Waals surface area (Å²) in [4.78, 5) is 12.6. The molecule has 1 heterocycles. The number of anilines is 1. The number of ether oxygens (including phenoxy) is 1. The van der Waals surface area contributed by atoms with Crippen molar-refractivity contribution in [2.75, 3.05) is 5.73 Å². The standard InChI is InChI=1S/C17H24N4OS/c1-11(2)23-16-20-14(19-15(18)21-16)10-22-13-8-6-12(7-9-13)17(3,4)5/h6-9,11H,10H2,1-5H3,(H2,18,19,20,21). The van der Waals surface area contributed by atoms with Gasteiger partial charge in [-0.25, -0.2) is 4.98 Å². The van der Waals surface area contributed by atoms with Crippen LogP contribution in [0.15, 0.2) is 29.4 Å². The molecule has 5 nitrogen and oxygen atoms in total. The van der Waals surface area contributed by atoms with Gasteiger partial charge >= 0.3 is 0 Å². The van der Waals surface area contributed by atoms with Gasteiger partial charge in [0.1, 0.15) is 12.4 Å². The quantitative estimate of drug-likeness (QED) is 0.839. The van der Waals surface area contributed by atoms with Gasteiger partial charge in [0.15, 0.2) is 11.0 Å². The van der Waals surface area contributed by atoms with Crippen LogP contribution in [0.5, 0.6) is 5.75 Å². The molecule has 6 heteroatoms. The maximum absolute atomic E-state index is 5.76. The molecule has 0 fully saturated rings. The molecule has 124 valence electrons. The SMILES string of the molecule is CC(C)Sc1nc(N)nc(COc2ccc(C(C)(C)C)cc2)n1. The van der Waals surface area contributed by atoms with E-state index < -0.39 is 0 Å². The van der Waals surface area contributed by atoms with E-state index in [2.05, 4.69) is 61.7 Å². The largest absolute Gasteiger partial charge is 0.486 e. The summed E-state index contributed by atoms with van der Waals surface area (Å²) in [5.41, 5.74) is 7.14. The highest BCUT2D eigenvalue weighted by atomic mass is 32.2. The number of aromatic nitrogens is 3. The second kappa shape index (κ2) is 7.17. The Balaban J connectivity index is 2.04. The van der Waals surface area contributed by atoms with Crippen LogP contribution < -0.4 is 10.5 Å². The van der Waals surface area contributed by atoms with Crippen LogP contribution in [-0.4, -0.2) is 20.2 Å². The Hall–Kier alpha value is -1.82. The van der Waals surface area contributed by atoms with Crippen LogP contribution in [0.3, 0.4) is 0 Å². The first-order valence-electron chi connectivity index (χ1n) is 7.64. The Morgan fingerprint density at radius 1 is 1.09 bits per heavy atom. The van der Waals surface area contributed by atoms with Crippen molar-refractivity contribution in [3.05, 3.63) is 35.7 Å². The first-order valence-corrected chi connectivity index (χ1v) is 8.52. The van der Waals surface area contributed by atoms with Crippen LogP contribution in [0.1, 0.15) is 46.0 Å². The molecule has 2 aromatic rings. The van der Waals surface area contributed by atoms with E-state index in [9.17, 15) is 0 Å². The van der Waals surface area contributed by atoms with E-state index in [0.717, 1.165) is 5.75 Å². The summed E-state index contributed by atoms with van der Waals surface area (Å²) in [7, 11) is 0. The zero-order chi connectivity index (χ0) is 17.0. The van der Waals surface area contributed by atoms with Gasteiger partial charge < -0.3 is 10.5 Å². The molecule has 0 amide bonds. The average molecular weight is 332 g/mol. The van der Waals surface area contributed by atoms with E-state index in [1.807, 2.05) is 12.1 Å². The van der Waals surface area contributed by atoms with Crippen LogP contribution in [-0.2, 0) is 12.0 Å². The first-order chi connectivity index (χ1) is 10.7. The normalized spacial score (nSPS) is 11.7. The predicted octanol–water partition coefficient (Wildman–Crippen LogP) is 3.83. The molecule has 0 bridgehead atoms. The lowest BCUT2D eigenvalue weighted by molar-refractivity contribution is 0.294. The van der Waals surface area contributed by atoms with Gasteiger partial charge in [0, 0.05) is 5.25 Å². The number of nitrogens with two attached hydrogens (primary N) is 1. The molecule has 2 N–H and O–H groups in total. The van der Waals surface area contributed by atoms with Gasteiger partial charge in [-0.2, -0.15) is 9.97 Å². The molecule has 0 spiro atoms. The molecular formula is C17H24N4OS. The van der Waals surface area contributed by atoms with Gasteiger partial charge in [-0.15, -0.1) is 0 Å². The minimum Gasteiger partial charge on any atom is -0.486 e. The number of hydrogen-bond acceptors (Lipinski definition) is 6. The summed E-state index contributed by atoms with van der Waals surface area (Å²) in [5, 5.41) is 1.02. The molecule has 0 saturated heterocycles. The van der Waals surface area contributed by atoms with Crippen molar-refractivity contribution in [2.45, 2.75) is 57.0 Å². The Morgan fingerprint density at radius 2 is 1.74 bits per heavy atom. The van der Waals surface area contributed by atoms with Gasteiger partial charge in [0.05, 0.1) is 0 Å². The fraction of sp³-hybridized carbons (Fsp3) is 0.471. The van der Waals surface area contributed by atoms with Gasteiger partial charge in [0.2, 0.25) is 5.95 Å². The fourth-order valence-electron chi connectivity index (χ4n) is 1.94. The average Bonchev–Trinajstić information content (AvgIpc) is 2.43. The lowest BCUT2D eigenvalue weighted by atomic mass is 9.87. The Morgan fingerprint density at radius 3 is 2.30 bits per heavy atom. The number of rotatable bonds is 5. The van der Waals surface area contributed by atoms with E-state index in [-0.39, 0.29) is 18.0 Å². The second-order valence-corrected chi connectivity index (χ2v) is 8.17. The van der Waals surface area contributed by atoms with Crippen LogP contribution in [0.25, 0.3) is 0 Å². The van der Waals surface area contributed by atoms with Gasteiger partial charge in [-0.05, 0) is 23.1 Å². The number of benzene rings is 1. The van der Waals surface area contributed by atoms with Crippen molar-refractivity contribution in [1.82, 2.24) is 15.0 Å². The minimum absolute atomic E-state index is 0.129. The first kappa shape index (κ1) is 17.5. The maximum atomic E-state index is 5.76. The predicted molar refractivity (Wildman–Crippen MR) is 94.7 cm³/mol. The van der Waals surface area contributed by atoms with Gasteiger partial charge in [0.25, 0.3) is 0 Å². The maximum Gasteiger partial charge on any atom is 0.224 e. The van der Waals surface area contributed by atoms with E-state index in [1.54, 1.807) is 11.8 Å². The molecule has 1 aromatic carbocycles. The topological polar surface area (TPSA) is 73.9 Å². The molecule has 0 saturated carbocycles. The zero-order valence-electron chi connectivity index (χ0n) is 14.3. The van der Waals surface area contributed by atoms with Crippen molar-refractivity contribution >= 4 is 17.7 Å². The molecule has 0 unspecified atom stereocenters. The lowest BCUT2D eigenvalue weighted by Crippen LogP contribution is -2.11. The molecule has 0 atom stereocenters. The van der Waals surface area contributed by atoms with Crippen LogP contribution in [0.4, 0.5) is 5.95 Å². The van der Waals surface area contributed by atoms with Gasteiger partial charge in [-0.3, -0.25) is 0 Å². The highest BCUT2D eigenvalue weighted by Crippen LogP contribution is 2.24. The molecule has 23 heavy (non-hydrogen) atoms. The van der Waals surface area contributed by atoms with Crippen LogP contribution in [0.2, 0.25) is 0 Å². The third-order valence-electron chi connectivity index (χ3n) is 3.11. The highest BCUT2D eigenvalue weighted by Gasteiger charge is 2.13. The van der Waals surface area contributed by atoms with E-state index >= 15 is 0 Å². The molecule has 0 aliphatic rings. The Labute approximate surface area is 142 Å². The highest BCUT2D eigenvalue weighted by molar-refractivity contribution is 7.99. The van der Waals surface area contributed by atoms with E-state index in [0.29, 0.717) is 16.2 Å². The van der Waals surface area contributed by atoms with Crippen molar-refractivity contribution in [3.63, 3.8) is 0 Å². The summed E-state index contributed by atoms with van der Waals surface area (Å²) in [5.74, 6) is 1.56. The number of thioether (sulfide) groups is 1. The van der Waals surface area contributed by atoms with E-state index in [4.69, 9.17) is 10.5 Å².